The van der Waals surface area contributed by atoms with E-state index in [1.807, 2.05) is 0 Å². The Bertz CT molecular complexity index is 923. The molecule has 0 aromatic carbocycles. The number of amides is 2. The van der Waals surface area contributed by atoms with E-state index in [-0.39, 0.29) is 38.0 Å². The van der Waals surface area contributed by atoms with Crippen molar-refractivity contribution in [3.05, 3.63) is 0 Å². The first kappa shape index (κ1) is 39.5. The molecule has 0 aliphatic carbocycles. The number of carbonyl (C=O) groups is 5. The Morgan fingerprint density at radius 1 is 0.643 bits per heavy atom. The normalized spacial score (nSPS) is 12.8. The fourth-order valence-corrected chi connectivity index (χ4v) is 5.19. The molecule has 0 aliphatic heterocycles. The number of rotatable bonds is 28. The van der Waals surface area contributed by atoms with Gasteiger partial charge in [-0.15, -0.1) is 0 Å². The van der Waals surface area contributed by atoms with Gasteiger partial charge < -0.3 is 20.8 Å². The van der Waals surface area contributed by atoms with Gasteiger partial charge in [-0.1, -0.05) is 77.0 Å². The van der Waals surface area contributed by atoms with Crippen LogP contribution in [0.2, 0.25) is 0 Å². The Kier molecular flexibility index (Phi) is 22.5. The number of aliphatic carboxylic acids is 2. The van der Waals surface area contributed by atoms with E-state index in [0.717, 1.165) is 57.8 Å². The third-order valence-electron chi connectivity index (χ3n) is 7.23. The van der Waals surface area contributed by atoms with Crippen LogP contribution in [0.1, 0.15) is 128 Å². The first-order valence-electron chi connectivity index (χ1n) is 15.3. The maximum absolute atomic E-state index is 12.8. The minimum atomic E-state index is -4.39. The number of carboxylic acids is 2. The molecular weight excluding hydrogens is 568 g/mol. The fraction of sp³-hybridized carbons (Fsp3) is 0.828. The fourth-order valence-electron chi connectivity index (χ4n) is 4.66. The molecule has 0 saturated heterocycles. The zero-order chi connectivity index (χ0) is 31.8. The van der Waals surface area contributed by atoms with E-state index in [9.17, 15) is 37.5 Å². The topological polar surface area (TPSA) is 204 Å². The van der Waals surface area contributed by atoms with Crippen molar-refractivity contribution in [2.45, 2.75) is 134 Å². The molecule has 0 spiro atoms. The van der Waals surface area contributed by atoms with Crippen molar-refractivity contribution in [3.8, 4) is 0 Å². The van der Waals surface area contributed by atoms with Crippen LogP contribution in [0.15, 0.2) is 0 Å². The second-order valence-electron chi connectivity index (χ2n) is 11.0. The lowest BCUT2D eigenvalue weighted by molar-refractivity contribution is -0.144. The van der Waals surface area contributed by atoms with Crippen LogP contribution >= 0.6 is 0 Å². The molecule has 5 N–H and O–H groups in total. The van der Waals surface area contributed by atoms with Crippen molar-refractivity contribution in [1.82, 2.24) is 10.6 Å². The summed E-state index contributed by atoms with van der Waals surface area (Å²) in [6, 6.07) is -1.25. The molecule has 0 rings (SSSR count). The standard InChI is InChI=1S/C29H52N2O10S/c1-30-26(33)19-18-23(29(37)38)22-25(32)24(20-21-42(39,40)41)31-27(34)16-14-12-10-8-6-4-2-3-5-7-9-11-13-15-17-28(35)36/h23-24H,2-22H2,1H3,(H,30,33)(H,31,34)(H,35,36)(H,37,38)(H,39,40,41)/t23-,24+/m1/s1. The summed E-state index contributed by atoms with van der Waals surface area (Å²) in [5.74, 6) is -5.39. The van der Waals surface area contributed by atoms with Crippen molar-refractivity contribution >= 4 is 39.7 Å². The molecule has 0 unspecified atom stereocenters. The summed E-state index contributed by atoms with van der Waals surface area (Å²) in [6.07, 6.45) is 13.9. The minimum absolute atomic E-state index is 0.0860. The maximum atomic E-state index is 12.8. The third-order valence-corrected chi connectivity index (χ3v) is 7.98. The minimum Gasteiger partial charge on any atom is -0.481 e. The number of hydrogen-bond acceptors (Lipinski definition) is 7. The molecule has 13 heteroatoms. The highest BCUT2D eigenvalue weighted by Gasteiger charge is 2.28. The van der Waals surface area contributed by atoms with Crippen LogP contribution in [0.5, 0.6) is 0 Å². The predicted octanol–water partition coefficient (Wildman–Crippen LogP) is 4.26. The molecule has 12 nitrogen and oxygen atoms in total. The summed E-state index contributed by atoms with van der Waals surface area (Å²) < 4.78 is 31.5. The van der Waals surface area contributed by atoms with Crippen LogP contribution in [0, 0.1) is 5.92 Å². The van der Waals surface area contributed by atoms with Gasteiger partial charge in [0.05, 0.1) is 17.7 Å². The molecule has 0 fully saturated rings. The van der Waals surface area contributed by atoms with Crippen molar-refractivity contribution in [2.24, 2.45) is 5.92 Å². The van der Waals surface area contributed by atoms with Gasteiger partial charge in [-0.05, 0) is 25.7 Å². The van der Waals surface area contributed by atoms with Gasteiger partial charge in [0.1, 0.15) is 0 Å². The van der Waals surface area contributed by atoms with Crippen LogP contribution < -0.4 is 10.6 Å². The largest absolute Gasteiger partial charge is 0.481 e. The van der Waals surface area contributed by atoms with Gasteiger partial charge in [-0.3, -0.25) is 28.5 Å². The number of carboxylic acid groups (broad SMARTS) is 2. The first-order valence-corrected chi connectivity index (χ1v) is 16.9. The van der Waals surface area contributed by atoms with Gasteiger partial charge in [0.25, 0.3) is 10.1 Å². The molecule has 0 saturated carbocycles. The molecule has 42 heavy (non-hydrogen) atoms. The molecule has 0 aromatic rings. The maximum Gasteiger partial charge on any atom is 0.306 e. The molecule has 0 aromatic heterocycles. The summed E-state index contributed by atoms with van der Waals surface area (Å²) >= 11 is 0. The van der Waals surface area contributed by atoms with Crippen molar-refractivity contribution in [3.63, 3.8) is 0 Å². The molecule has 2 amide bonds. The zero-order valence-electron chi connectivity index (χ0n) is 25.1. The summed E-state index contributed by atoms with van der Waals surface area (Å²) in [5, 5.41) is 22.9. The van der Waals surface area contributed by atoms with Crippen molar-refractivity contribution < 1.29 is 47.2 Å². The second kappa shape index (κ2) is 24.0. The van der Waals surface area contributed by atoms with Crippen LogP contribution in [-0.4, -0.2) is 71.6 Å². The Balaban J connectivity index is 4.24. The van der Waals surface area contributed by atoms with E-state index in [1.165, 1.54) is 32.7 Å². The lowest BCUT2D eigenvalue weighted by Crippen LogP contribution is -2.43. The molecule has 0 radical (unpaired) electrons. The lowest BCUT2D eigenvalue weighted by atomic mass is 9.93. The number of Topliss-reactive ketones (excluding diaryl/α,β-unsaturated/α-hetero) is 1. The van der Waals surface area contributed by atoms with E-state index in [0.29, 0.717) is 6.42 Å². The number of hydrogen-bond donors (Lipinski definition) is 5. The Morgan fingerprint density at radius 3 is 1.50 bits per heavy atom. The Morgan fingerprint density at radius 2 is 1.10 bits per heavy atom. The highest BCUT2D eigenvalue weighted by atomic mass is 32.2. The van der Waals surface area contributed by atoms with Gasteiger partial charge in [0.2, 0.25) is 11.8 Å². The van der Waals surface area contributed by atoms with E-state index >= 15 is 0 Å². The monoisotopic (exact) mass is 620 g/mol. The smallest absolute Gasteiger partial charge is 0.306 e. The highest BCUT2D eigenvalue weighted by molar-refractivity contribution is 7.85. The van der Waals surface area contributed by atoms with Gasteiger partial charge >= 0.3 is 11.9 Å². The summed E-state index contributed by atoms with van der Waals surface area (Å²) in [5.41, 5.74) is 0. The van der Waals surface area contributed by atoms with Crippen LogP contribution in [0.4, 0.5) is 0 Å². The van der Waals surface area contributed by atoms with Gasteiger partial charge in [0.15, 0.2) is 5.78 Å². The van der Waals surface area contributed by atoms with Crippen molar-refractivity contribution in [1.29, 1.82) is 0 Å². The van der Waals surface area contributed by atoms with Crippen LogP contribution in [-0.2, 0) is 34.1 Å². The summed E-state index contributed by atoms with van der Waals surface area (Å²) in [6.45, 7) is 0. The predicted molar refractivity (Wildman–Crippen MR) is 159 cm³/mol. The molecule has 0 aliphatic rings. The Labute approximate surface area is 250 Å². The molecule has 0 bridgehead atoms. The average molecular weight is 621 g/mol. The zero-order valence-corrected chi connectivity index (χ0v) is 25.9. The SMILES string of the molecule is CNC(=O)CC[C@H](CC(=O)[C@H](CCS(=O)(=O)O)NC(=O)CCCCCCCCCCCCCCCCC(=O)O)C(=O)O. The van der Waals surface area contributed by atoms with Gasteiger partial charge in [-0.2, -0.15) is 8.42 Å². The van der Waals surface area contributed by atoms with Gasteiger partial charge in [-0.25, -0.2) is 0 Å². The molecule has 0 heterocycles. The van der Waals surface area contributed by atoms with E-state index in [2.05, 4.69) is 10.6 Å². The summed E-state index contributed by atoms with van der Waals surface area (Å²) in [7, 11) is -2.98. The van der Waals surface area contributed by atoms with Gasteiger partial charge in [0, 0.05) is 32.7 Å². The summed E-state index contributed by atoms with van der Waals surface area (Å²) in [4.78, 5) is 58.7. The van der Waals surface area contributed by atoms with E-state index in [1.54, 1.807) is 0 Å². The number of nitrogens with one attached hydrogen (secondary N) is 2. The van der Waals surface area contributed by atoms with Crippen LogP contribution in [0.25, 0.3) is 0 Å². The highest BCUT2D eigenvalue weighted by Crippen LogP contribution is 2.16. The second-order valence-corrected chi connectivity index (χ2v) is 12.5. The Hall–Kier alpha value is -2.54. The van der Waals surface area contributed by atoms with Crippen LogP contribution in [0.3, 0.4) is 0 Å². The molecular formula is C29H52N2O10S. The quantitative estimate of drug-likeness (QED) is 0.0621. The van der Waals surface area contributed by atoms with E-state index < -0.39 is 57.9 Å². The number of unbranched alkanes of at least 4 members (excludes halogenated alkanes) is 13. The molecule has 244 valence electrons. The number of ketones is 1. The number of carbonyl (C=O) groups excluding carboxylic acids is 3. The molecule has 2 atom stereocenters. The third kappa shape index (κ3) is 24.1. The van der Waals surface area contributed by atoms with E-state index in [4.69, 9.17) is 9.66 Å². The van der Waals surface area contributed by atoms with Crippen molar-refractivity contribution in [2.75, 3.05) is 12.8 Å². The lowest BCUT2D eigenvalue weighted by Gasteiger charge is -2.19. The average Bonchev–Trinajstić information content (AvgIpc) is 2.91. The first-order chi connectivity index (χ1) is 19.9.